The van der Waals surface area contributed by atoms with Gasteiger partial charge in [-0.1, -0.05) is 6.92 Å². The molecule has 0 fully saturated rings. The fraction of sp³-hybridized carbons (Fsp3) is 0.857. The summed E-state index contributed by atoms with van der Waals surface area (Å²) in [5.74, 6) is -1.01. The van der Waals surface area contributed by atoms with Crippen LogP contribution in [0.25, 0.3) is 0 Å². The van der Waals surface area contributed by atoms with Crippen molar-refractivity contribution >= 4 is 5.97 Å². The summed E-state index contributed by atoms with van der Waals surface area (Å²) < 4.78 is 0. The van der Waals surface area contributed by atoms with Crippen LogP contribution in [0.4, 0.5) is 0 Å². The number of hydrogen-bond acceptors (Lipinski definition) is 3. The van der Waals surface area contributed by atoms with Crippen molar-refractivity contribution in [1.29, 1.82) is 0 Å². The van der Waals surface area contributed by atoms with E-state index in [0.29, 0.717) is 19.3 Å². The molecule has 0 spiro atoms. The highest BCUT2D eigenvalue weighted by atomic mass is 16.4. The van der Waals surface area contributed by atoms with Crippen LogP contribution in [0.5, 0.6) is 0 Å². The number of hydrogen-bond donors (Lipinski definition) is 3. The number of aliphatic carboxylic acids is 1. The average Bonchev–Trinajstić information content (AvgIpc) is 1.99. The Morgan fingerprint density at radius 1 is 1.55 bits per heavy atom. The molecule has 0 heterocycles. The molecule has 4 heteroatoms. The second-order valence-corrected chi connectivity index (χ2v) is 2.58. The van der Waals surface area contributed by atoms with Gasteiger partial charge in [-0.3, -0.25) is 4.79 Å². The molecule has 0 saturated heterocycles. The lowest BCUT2D eigenvalue weighted by Crippen LogP contribution is -2.30. The van der Waals surface area contributed by atoms with E-state index in [0.717, 1.165) is 0 Å². The van der Waals surface area contributed by atoms with E-state index in [9.17, 15) is 4.79 Å². The van der Waals surface area contributed by atoms with Crippen molar-refractivity contribution < 1.29 is 15.0 Å². The first-order chi connectivity index (χ1) is 5.07. The van der Waals surface area contributed by atoms with Crippen LogP contribution in [0.3, 0.4) is 0 Å². The first-order valence-electron chi connectivity index (χ1n) is 3.74. The Balaban J connectivity index is 3.45. The third-order valence-corrected chi connectivity index (χ3v) is 1.60. The number of aliphatic hydroxyl groups is 1. The molecule has 0 unspecified atom stereocenters. The molecule has 66 valence electrons. The second kappa shape index (κ2) is 5.09. The van der Waals surface area contributed by atoms with Crippen LogP contribution in [0.2, 0.25) is 0 Å². The molecule has 4 N–H and O–H groups in total. The van der Waals surface area contributed by atoms with Crippen LogP contribution < -0.4 is 5.73 Å². The van der Waals surface area contributed by atoms with E-state index >= 15 is 0 Å². The highest BCUT2D eigenvalue weighted by Gasteiger charge is 2.12. The van der Waals surface area contributed by atoms with Crippen LogP contribution in [-0.4, -0.2) is 28.3 Å². The van der Waals surface area contributed by atoms with Crippen LogP contribution in [0.1, 0.15) is 26.2 Å². The average molecular weight is 161 g/mol. The summed E-state index contributed by atoms with van der Waals surface area (Å²) in [6.07, 6.45) is 1.03. The van der Waals surface area contributed by atoms with Gasteiger partial charge in [0.05, 0.1) is 6.10 Å². The van der Waals surface area contributed by atoms with Crippen LogP contribution in [-0.2, 0) is 4.79 Å². The number of rotatable bonds is 5. The predicted molar refractivity (Wildman–Crippen MR) is 41.1 cm³/mol. The summed E-state index contributed by atoms with van der Waals surface area (Å²) in [6.45, 7) is 1.84. The number of carboxylic acids is 1. The standard InChI is InChI=1S/C7H15NO3/c1-2-5(9)3-4-6(8)7(10)11/h5-6,9H,2-4,8H2,1H3,(H,10,11)/t5-,6+/m0/s1. The van der Waals surface area contributed by atoms with Crippen LogP contribution in [0, 0.1) is 0 Å². The van der Waals surface area contributed by atoms with E-state index in [1.165, 1.54) is 0 Å². The Hall–Kier alpha value is -0.610. The SMILES string of the molecule is CC[C@H](O)CC[C@@H](N)C(=O)O. The zero-order valence-electron chi connectivity index (χ0n) is 6.66. The van der Waals surface area contributed by atoms with Crippen molar-refractivity contribution in [1.82, 2.24) is 0 Å². The molecule has 0 aliphatic heterocycles. The fourth-order valence-electron chi connectivity index (χ4n) is 0.700. The lowest BCUT2D eigenvalue weighted by molar-refractivity contribution is -0.138. The van der Waals surface area contributed by atoms with E-state index in [4.69, 9.17) is 15.9 Å². The first-order valence-corrected chi connectivity index (χ1v) is 3.74. The Bertz CT molecular complexity index is 127. The Morgan fingerprint density at radius 3 is 2.45 bits per heavy atom. The quantitative estimate of drug-likeness (QED) is 0.528. The Labute approximate surface area is 66.0 Å². The first kappa shape index (κ1) is 10.4. The minimum absolute atomic E-state index is 0.338. The summed E-state index contributed by atoms with van der Waals surface area (Å²) in [4.78, 5) is 10.2. The number of carbonyl (C=O) groups is 1. The Kier molecular flexibility index (Phi) is 4.81. The zero-order valence-corrected chi connectivity index (χ0v) is 6.66. The molecule has 0 saturated carbocycles. The van der Waals surface area contributed by atoms with Gasteiger partial charge in [-0.2, -0.15) is 0 Å². The minimum Gasteiger partial charge on any atom is -0.480 e. The van der Waals surface area contributed by atoms with Gasteiger partial charge in [-0.25, -0.2) is 0 Å². The number of carboxylic acid groups (broad SMARTS) is 1. The smallest absolute Gasteiger partial charge is 0.320 e. The monoisotopic (exact) mass is 161 g/mol. The Morgan fingerprint density at radius 2 is 2.09 bits per heavy atom. The van der Waals surface area contributed by atoms with Gasteiger partial charge in [0.1, 0.15) is 6.04 Å². The number of aliphatic hydroxyl groups excluding tert-OH is 1. The molecule has 0 bridgehead atoms. The molecule has 0 aliphatic carbocycles. The molecule has 4 nitrogen and oxygen atoms in total. The van der Waals surface area contributed by atoms with Gasteiger partial charge in [0.2, 0.25) is 0 Å². The fourth-order valence-corrected chi connectivity index (χ4v) is 0.700. The van der Waals surface area contributed by atoms with Crippen molar-refractivity contribution in [2.24, 2.45) is 5.73 Å². The molecule has 0 amide bonds. The number of nitrogens with two attached hydrogens (primary N) is 1. The maximum absolute atomic E-state index is 10.2. The van der Waals surface area contributed by atoms with Gasteiger partial charge in [-0.05, 0) is 19.3 Å². The predicted octanol–water partition coefficient (Wildman–Crippen LogP) is -0.0506. The van der Waals surface area contributed by atoms with Gasteiger partial charge in [-0.15, -0.1) is 0 Å². The van der Waals surface area contributed by atoms with Crippen molar-refractivity contribution in [2.45, 2.75) is 38.3 Å². The molecular formula is C7H15NO3. The second-order valence-electron chi connectivity index (χ2n) is 2.58. The van der Waals surface area contributed by atoms with E-state index in [1.807, 2.05) is 6.92 Å². The molecule has 2 atom stereocenters. The summed E-state index contributed by atoms with van der Waals surface area (Å²) in [7, 11) is 0. The summed E-state index contributed by atoms with van der Waals surface area (Å²) in [5.41, 5.74) is 5.21. The lowest BCUT2D eigenvalue weighted by Gasteiger charge is -2.09. The van der Waals surface area contributed by atoms with Crippen molar-refractivity contribution in [2.75, 3.05) is 0 Å². The molecule has 0 aromatic heterocycles. The maximum atomic E-state index is 10.2. The van der Waals surface area contributed by atoms with E-state index in [2.05, 4.69) is 0 Å². The third kappa shape index (κ3) is 4.75. The molecule has 0 rings (SSSR count). The highest BCUT2D eigenvalue weighted by Crippen LogP contribution is 2.02. The lowest BCUT2D eigenvalue weighted by atomic mass is 10.1. The van der Waals surface area contributed by atoms with Crippen LogP contribution in [0.15, 0.2) is 0 Å². The van der Waals surface area contributed by atoms with E-state index < -0.39 is 18.1 Å². The molecular weight excluding hydrogens is 146 g/mol. The maximum Gasteiger partial charge on any atom is 0.320 e. The van der Waals surface area contributed by atoms with Crippen LogP contribution >= 0.6 is 0 Å². The molecule has 0 aromatic rings. The molecule has 0 aromatic carbocycles. The van der Waals surface area contributed by atoms with Crippen molar-refractivity contribution in [3.8, 4) is 0 Å². The zero-order chi connectivity index (χ0) is 8.85. The summed E-state index contributed by atoms with van der Waals surface area (Å²) in [5, 5.41) is 17.4. The normalized spacial score (nSPS) is 15.9. The minimum atomic E-state index is -1.01. The highest BCUT2D eigenvalue weighted by molar-refractivity contribution is 5.72. The molecule has 11 heavy (non-hydrogen) atoms. The largest absolute Gasteiger partial charge is 0.480 e. The summed E-state index contributed by atoms with van der Waals surface area (Å²) in [6, 6.07) is -0.837. The van der Waals surface area contributed by atoms with Gasteiger partial charge in [0.25, 0.3) is 0 Å². The van der Waals surface area contributed by atoms with Crippen molar-refractivity contribution in [3.05, 3.63) is 0 Å². The topological polar surface area (TPSA) is 83.5 Å². The molecule has 0 aliphatic rings. The van der Waals surface area contributed by atoms with Gasteiger partial charge < -0.3 is 15.9 Å². The van der Waals surface area contributed by atoms with Gasteiger partial charge in [0.15, 0.2) is 0 Å². The van der Waals surface area contributed by atoms with Gasteiger partial charge in [0, 0.05) is 0 Å². The van der Waals surface area contributed by atoms with E-state index in [-0.39, 0.29) is 0 Å². The van der Waals surface area contributed by atoms with E-state index in [1.54, 1.807) is 0 Å². The van der Waals surface area contributed by atoms with Crippen molar-refractivity contribution in [3.63, 3.8) is 0 Å². The van der Waals surface area contributed by atoms with Gasteiger partial charge >= 0.3 is 5.97 Å². The molecule has 0 radical (unpaired) electrons. The summed E-state index contributed by atoms with van der Waals surface area (Å²) >= 11 is 0. The third-order valence-electron chi connectivity index (χ3n) is 1.60.